The van der Waals surface area contributed by atoms with Crippen LogP contribution in [0.4, 0.5) is 10.6 Å². The fourth-order valence-electron chi connectivity index (χ4n) is 2.30. The van der Waals surface area contributed by atoms with E-state index in [4.69, 9.17) is 4.74 Å². The van der Waals surface area contributed by atoms with Crippen LogP contribution in [-0.2, 0) is 16.1 Å². The molecule has 0 fully saturated rings. The van der Waals surface area contributed by atoms with Crippen LogP contribution >= 0.6 is 0 Å². The van der Waals surface area contributed by atoms with E-state index in [9.17, 15) is 14.7 Å². The summed E-state index contributed by atoms with van der Waals surface area (Å²) in [4.78, 5) is 24.1. The Morgan fingerprint density at radius 3 is 2.91 bits per heavy atom. The van der Waals surface area contributed by atoms with Crippen LogP contribution in [0.2, 0.25) is 0 Å². The van der Waals surface area contributed by atoms with E-state index >= 15 is 0 Å². The maximum atomic E-state index is 11.5. The summed E-state index contributed by atoms with van der Waals surface area (Å²) in [6.07, 6.45) is 1.28. The first-order chi connectivity index (χ1) is 10.3. The maximum Gasteiger partial charge on any atom is 0.407 e. The highest BCUT2D eigenvalue weighted by atomic mass is 16.6. The summed E-state index contributed by atoms with van der Waals surface area (Å²) < 4.78 is 6.80. The number of alkyl carbamates (subject to hydrolysis) is 1. The Balaban J connectivity index is 1.88. The van der Waals surface area contributed by atoms with Gasteiger partial charge in [0, 0.05) is 18.7 Å². The molecule has 0 radical (unpaired) electrons. The largest absolute Gasteiger partial charge is 0.444 e. The normalized spacial score (nSPS) is 15.4. The number of rotatable bonds is 5. The molecule has 8 nitrogen and oxygen atoms in total. The lowest BCUT2D eigenvalue weighted by molar-refractivity contribution is -0.107. The van der Waals surface area contributed by atoms with Crippen molar-refractivity contribution in [2.45, 2.75) is 45.4 Å². The predicted octanol–water partition coefficient (Wildman–Crippen LogP) is 0.808. The number of ether oxygens (including phenoxy) is 1. The Morgan fingerprint density at radius 1 is 1.55 bits per heavy atom. The Kier molecular flexibility index (Phi) is 4.70. The standard InChI is InChI=1S/C14H22N4O4/c1-14(2,3)22-13(21)15-5-4-11(20)10-8-16-18-7-6-17(9-19)12(10)18/h8-9,11,20H,4-7H2,1-3H3,(H,15,21). The highest BCUT2D eigenvalue weighted by Gasteiger charge is 2.27. The van der Waals surface area contributed by atoms with Crippen molar-refractivity contribution in [1.29, 1.82) is 0 Å². The second kappa shape index (κ2) is 6.35. The van der Waals surface area contributed by atoms with E-state index in [2.05, 4.69) is 10.4 Å². The van der Waals surface area contributed by atoms with Gasteiger partial charge in [-0.15, -0.1) is 0 Å². The zero-order chi connectivity index (χ0) is 16.3. The Labute approximate surface area is 129 Å². The first kappa shape index (κ1) is 16.3. The first-order valence-corrected chi connectivity index (χ1v) is 7.24. The minimum Gasteiger partial charge on any atom is -0.444 e. The summed E-state index contributed by atoms with van der Waals surface area (Å²) in [6.45, 7) is 6.80. The molecule has 22 heavy (non-hydrogen) atoms. The van der Waals surface area contributed by atoms with Gasteiger partial charge in [-0.3, -0.25) is 9.69 Å². The summed E-state index contributed by atoms with van der Waals surface area (Å²) >= 11 is 0. The molecule has 2 N–H and O–H groups in total. The van der Waals surface area contributed by atoms with E-state index in [0.29, 0.717) is 30.9 Å². The fraction of sp³-hybridized carbons (Fsp3) is 0.643. The maximum absolute atomic E-state index is 11.5. The summed E-state index contributed by atoms with van der Waals surface area (Å²) in [7, 11) is 0. The van der Waals surface area contributed by atoms with Gasteiger partial charge in [-0.2, -0.15) is 5.10 Å². The number of nitrogens with zero attached hydrogens (tertiary/aromatic N) is 3. The number of amides is 2. The number of hydrogen-bond acceptors (Lipinski definition) is 5. The molecular formula is C14H22N4O4. The van der Waals surface area contributed by atoms with Crippen LogP contribution in [0, 0.1) is 0 Å². The monoisotopic (exact) mass is 310 g/mol. The molecule has 2 amide bonds. The number of aromatic nitrogens is 2. The van der Waals surface area contributed by atoms with E-state index in [-0.39, 0.29) is 6.54 Å². The predicted molar refractivity (Wildman–Crippen MR) is 79.5 cm³/mol. The van der Waals surface area contributed by atoms with Gasteiger partial charge >= 0.3 is 6.09 Å². The molecule has 1 aliphatic rings. The number of carbonyl (C=O) groups is 2. The van der Waals surface area contributed by atoms with Gasteiger partial charge in [-0.25, -0.2) is 9.48 Å². The number of aliphatic hydroxyl groups is 1. The van der Waals surface area contributed by atoms with Gasteiger partial charge in [0.1, 0.15) is 11.4 Å². The number of anilines is 1. The molecule has 8 heteroatoms. The number of fused-ring (bicyclic) bond motifs is 1. The van der Waals surface area contributed by atoms with E-state index < -0.39 is 17.8 Å². The molecule has 0 spiro atoms. The SMILES string of the molecule is CC(C)(C)OC(=O)NCCC(O)c1cnn2c1N(C=O)CC2. The third kappa shape index (κ3) is 3.76. The van der Waals surface area contributed by atoms with Crippen molar-refractivity contribution < 1.29 is 19.4 Å². The van der Waals surface area contributed by atoms with Gasteiger partial charge < -0.3 is 15.2 Å². The zero-order valence-corrected chi connectivity index (χ0v) is 13.1. The summed E-state index contributed by atoms with van der Waals surface area (Å²) in [6, 6.07) is 0. The Morgan fingerprint density at radius 2 is 2.27 bits per heavy atom. The van der Waals surface area contributed by atoms with Gasteiger partial charge in [0.2, 0.25) is 6.41 Å². The molecule has 1 unspecified atom stereocenters. The molecule has 1 atom stereocenters. The Hall–Kier alpha value is -2.09. The number of carbonyl (C=O) groups excluding carboxylic acids is 2. The quantitative estimate of drug-likeness (QED) is 0.784. The summed E-state index contributed by atoms with van der Waals surface area (Å²) in [5.41, 5.74) is 0.0378. The second-order valence-corrected chi connectivity index (χ2v) is 6.18. The summed E-state index contributed by atoms with van der Waals surface area (Å²) in [5.74, 6) is 0.625. The van der Waals surface area contributed by atoms with Crippen molar-refractivity contribution in [1.82, 2.24) is 15.1 Å². The molecule has 0 saturated carbocycles. The zero-order valence-electron chi connectivity index (χ0n) is 13.1. The van der Waals surface area contributed by atoms with E-state index in [0.717, 1.165) is 6.41 Å². The van der Waals surface area contributed by atoms with Gasteiger partial charge in [0.05, 0.1) is 18.8 Å². The van der Waals surface area contributed by atoms with E-state index in [1.165, 1.54) is 4.90 Å². The van der Waals surface area contributed by atoms with Crippen molar-refractivity contribution in [2.24, 2.45) is 0 Å². The Bertz CT molecular complexity index is 550. The number of nitrogens with one attached hydrogen (secondary N) is 1. The van der Waals surface area contributed by atoms with Crippen molar-refractivity contribution in [3.8, 4) is 0 Å². The molecule has 0 aromatic carbocycles. The molecule has 1 aliphatic heterocycles. The minimum atomic E-state index is -0.806. The number of aliphatic hydroxyl groups excluding tert-OH is 1. The lowest BCUT2D eigenvalue weighted by Crippen LogP contribution is -2.33. The highest BCUT2D eigenvalue weighted by Crippen LogP contribution is 2.30. The van der Waals surface area contributed by atoms with Crippen LogP contribution in [0.25, 0.3) is 0 Å². The lowest BCUT2D eigenvalue weighted by atomic mass is 10.1. The smallest absolute Gasteiger partial charge is 0.407 e. The molecule has 1 aromatic rings. The van der Waals surface area contributed by atoms with Gasteiger partial charge in [0.15, 0.2) is 0 Å². The summed E-state index contributed by atoms with van der Waals surface area (Å²) in [5, 5.41) is 17.0. The first-order valence-electron chi connectivity index (χ1n) is 7.24. The van der Waals surface area contributed by atoms with E-state index in [1.54, 1.807) is 31.6 Å². The molecular weight excluding hydrogens is 288 g/mol. The van der Waals surface area contributed by atoms with Crippen LogP contribution in [0.15, 0.2) is 6.20 Å². The van der Waals surface area contributed by atoms with Crippen molar-refractivity contribution in [3.05, 3.63) is 11.8 Å². The molecule has 0 aliphatic carbocycles. The molecule has 122 valence electrons. The third-order valence-electron chi connectivity index (χ3n) is 3.24. The van der Waals surface area contributed by atoms with Crippen LogP contribution in [0.5, 0.6) is 0 Å². The average molecular weight is 310 g/mol. The van der Waals surface area contributed by atoms with E-state index in [1.807, 2.05) is 0 Å². The van der Waals surface area contributed by atoms with Crippen molar-refractivity contribution >= 4 is 18.3 Å². The van der Waals surface area contributed by atoms with Crippen molar-refractivity contribution in [3.63, 3.8) is 0 Å². The average Bonchev–Trinajstić information content (AvgIpc) is 2.96. The lowest BCUT2D eigenvalue weighted by Gasteiger charge is -2.20. The van der Waals surface area contributed by atoms with Crippen LogP contribution in [0.3, 0.4) is 0 Å². The number of hydrogen-bond donors (Lipinski definition) is 2. The van der Waals surface area contributed by atoms with Crippen LogP contribution < -0.4 is 10.2 Å². The topological polar surface area (TPSA) is 96.7 Å². The molecule has 0 saturated heterocycles. The van der Waals surface area contributed by atoms with Gasteiger partial charge in [-0.05, 0) is 27.2 Å². The fourth-order valence-corrected chi connectivity index (χ4v) is 2.30. The van der Waals surface area contributed by atoms with Crippen LogP contribution in [0.1, 0.15) is 38.9 Å². The third-order valence-corrected chi connectivity index (χ3v) is 3.24. The minimum absolute atomic E-state index is 0.266. The van der Waals surface area contributed by atoms with Crippen LogP contribution in [-0.4, -0.2) is 46.1 Å². The second-order valence-electron chi connectivity index (χ2n) is 6.18. The molecule has 2 heterocycles. The molecule has 1 aromatic heterocycles. The van der Waals surface area contributed by atoms with Crippen molar-refractivity contribution in [2.75, 3.05) is 18.0 Å². The molecule has 2 rings (SSSR count). The van der Waals surface area contributed by atoms with Gasteiger partial charge in [-0.1, -0.05) is 0 Å². The van der Waals surface area contributed by atoms with Gasteiger partial charge in [0.25, 0.3) is 0 Å². The molecule has 0 bridgehead atoms. The highest BCUT2D eigenvalue weighted by molar-refractivity contribution is 5.76.